The Hall–Kier alpha value is -4.97. The highest BCUT2D eigenvalue weighted by Crippen LogP contribution is 2.34. The molecule has 12 heteroatoms. The van der Waals surface area contributed by atoms with Gasteiger partial charge in [-0.15, -0.1) is 0 Å². The second-order valence-corrected chi connectivity index (χ2v) is 11.9. The molecule has 3 fully saturated rings. The number of aromatic nitrogens is 4. The van der Waals surface area contributed by atoms with Crippen molar-refractivity contribution >= 4 is 34.5 Å². The van der Waals surface area contributed by atoms with E-state index in [0.29, 0.717) is 64.6 Å². The monoisotopic (exact) mass is 608 g/mol. The molecule has 1 unspecified atom stereocenters. The third-order valence-corrected chi connectivity index (χ3v) is 8.23. The maximum Gasteiger partial charge on any atom is 0.256 e. The van der Waals surface area contributed by atoms with Gasteiger partial charge in [0.2, 0.25) is 5.91 Å². The normalized spacial score (nSPS) is 18.1. The van der Waals surface area contributed by atoms with Crippen LogP contribution in [0.4, 0.5) is 11.6 Å². The number of H-pyrrole nitrogens is 1. The molecular weight excluding hydrogens is 572 g/mol. The van der Waals surface area contributed by atoms with E-state index in [1.165, 1.54) is 12.8 Å². The average Bonchev–Trinajstić information content (AvgIpc) is 3.97. The minimum atomic E-state index is -0.282. The third kappa shape index (κ3) is 7.07. The topological polar surface area (TPSA) is 138 Å². The smallest absolute Gasteiger partial charge is 0.256 e. The number of hydrogen-bond acceptors (Lipinski definition) is 9. The number of pyridine rings is 2. The van der Waals surface area contributed by atoms with Gasteiger partial charge in [0.15, 0.2) is 11.5 Å². The van der Waals surface area contributed by atoms with Crippen LogP contribution in [-0.2, 0) is 4.79 Å². The molecule has 0 bridgehead atoms. The van der Waals surface area contributed by atoms with E-state index in [2.05, 4.69) is 42.7 Å². The lowest BCUT2D eigenvalue weighted by atomic mass is 10.2. The van der Waals surface area contributed by atoms with Crippen molar-refractivity contribution in [1.82, 2.24) is 30.0 Å². The van der Waals surface area contributed by atoms with E-state index in [4.69, 9.17) is 9.47 Å². The van der Waals surface area contributed by atoms with Crippen molar-refractivity contribution in [2.45, 2.75) is 50.3 Å². The Bertz CT molecular complexity index is 1710. The summed E-state index contributed by atoms with van der Waals surface area (Å²) in [5, 5.41) is 14.4. The molecule has 4 heterocycles. The number of nitrogens with zero attached hydrogens (tertiary/aromatic N) is 5. The molecule has 232 valence electrons. The fourth-order valence-electron chi connectivity index (χ4n) is 5.39. The SMILES string of the molecule is CN(C/C=C/C(=O)N1CCC(Nc2n[nH]c3nccc(Oc4ccc(C(=O)Nc5cc(OC6CC6)ccn5)cc4)c23)C1)C1CC1. The molecule has 2 aliphatic carbocycles. The van der Waals surface area contributed by atoms with E-state index < -0.39 is 0 Å². The van der Waals surface area contributed by atoms with Crippen LogP contribution in [0.3, 0.4) is 0 Å². The van der Waals surface area contributed by atoms with E-state index in [1.807, 2.05) is 11.0 Å². The molecule has 7 rings (SSSR count). The molecule has 2 saturated carbocycles. The number of aromatic amines is 1. The number of nitrogens with one attached hydrogen (secondary N) is 3. The maximum atomic E-state index is 12.9. The first-order valence-electron chi connectivity index (χ1n) is 15.5. The highest BCUT2D eigenvalue weighted by atomic mass is 16.5. The first-order chi connectivity index (χ1) is 22.0. The van der Waals surface area contributed by atoms with E-state index in [-0.39, 0.29) is 24.0 Å². The molecule has 45 heavy (non-hydrogen) atoms. The standard InChI is InChI=1S/C33H36N8O4/c1-40(23-6-7-23)17-2-3-29(42)41-18-14-22(20-41)36-32-30-27(13-16-35-31(30)38-39-32)45-25-8-4-21(5-9-25)33(43)37-28-19-26(12-15-34-28)44-24-10-11-24/h2-5,8-9,12-13,15-16,19,22-24H,6-7,10-11,14,17-18,20H2,1H3,(H,34,37,43)(H2,35,36,38,39)/b3-2+. The lowest BCUT2D eigenvalue weighted by Gasteiger charge is -2.16. The zero-order chi connectivity index (χ0) is 30.8. The molecule has 1 saturated heterocycles. The van der Waals surface area contributed by atoms with Crippen LogP contribution in [-0.4, -0.2) is 86.6 Å². The maximum absolute atomic E-state index is 12.9. The van der Waals surface area contributed by atoms with Crippen molar-refractivity contribution in [2.24, 2.45) is 0 Å². The van der Waals surface area contributed by atoms with Crippen LogP contribution in [0.25, 0.3) is 11.0 Å². The summed E-state index contributed by atoms with van der Waals surface area (Å²) in [6.45, 7) is 2.06. The van der Waals surface area contributed by atoms with Crippen molar-refractivity contribution < 1.29 is 19.1 Å². The summed E-state index contributed by atoms with van der Waals surface area (Å²) in [5.41, 5.74) is 1.05. The van der Waals surface area contributed by atoms with Crippen LogP contribution in [0.15, 0.2) is 67.0 Å². The summed E-state index contributed by atoms with van der Waals surface area (Å²) < 4.78 is 12.0. The highest BCUT2D eigenvalue weighted by molar-refractivity contribution is 6.04. The number of rotatable bonds is 12. The number of benzene rings is 1. The van der Waals surface area contributed by atoms with Crippen LogP contribution in [0.5, 0.6) is 17.2 Å². The van der Waals surface area contributed by atoms with Gasteiger partial charge in [0.05, 0.1) is 6.10 Å². The lowest BCUT2D eigenvalue weighted by Crippen LogP contribution is -2.30. The molecular formula is C33H36N8O4. The molecule has 1 atom stereocenters. The first kappa shape index (κ1) is 28.8. The van der Waals surface area contributed by atoms with Crippen LogP contribution in [0, 0.1) is 0 Å². The first-order valence-corrected chi connectivity index (χ1v) is 15.5. The molecule has 4 aromatic rings. The van der Waals surface area contributed by atoms with E-state index >= 15 is 0 Å². The Morgan fingerprint density at radius 2 is 1.87 bits per heavy atom. The Balaban J connectivity index is 0.968. The zero-order valence-electron chi connectivity index (χ0n) is 25.1. The van der Waals surface area contributed by atoms with Crippen molar-refractivity contribution in [3.8, 4) is 17.2 Å². The number of ether oxygens (including phenoxy) is 2. The van der Waals surface area contributed by atoms with Gasteiger partial charge in [-0.25, -0.2) is 9.97 Å². The van der Waals surface area contributed by atoms with E-state index in [0.717, 1.165) is 25.8 Å². The predicted octanol–water partition coefficient (Wildman–Crippen LogP) is 4.60. The number of hydrogen-bond donors (Lipinski definition) is 3. The van der Waals surface area contributed by atoms with Crippen LogP contribution in [0.1, 0.15) is 42.5 Å². The summed E-state index contributed by atoms with van der Waals surface area (Å²) in [6.07, 6.45) is 12.6. The number of likely N-dealkylation sites (tertiary alicyclic amines) is 1. The van der Waals surface area contributed by atoms with Gasteiger partial charge in [0.25, 0.3) is 5.91 Å². The molecule has 3 aliphatic rings. The molecule has 2 amide bonds. The van der Waals surface area contributed by atoms with Gasteiger partial charge in [-0.1, -0.05) is 6.08 Å². The molecule has 0 radical (unpaired) electrons. The van der Waals surface area contributed by atoms with Crippen molar-refractivity contribution in [3.05, 3.63) is 72.6 Å². The second-order valence-electron chi connectivity index (χ2n) is 11.9. The predicted molar refractivity (Wildman–Crippen MR) is 170 cm³/mol. The number of amides is 2. The van der Waals surface area contributed by atoms with Crippen LogP contribution < -0.4 is 20.1 Å². The number of fused-ring (bicyclic) bond motifs is 1. The molecule has 3 aromatic heterocycles. The van der Waals surface area contributed by atoms with Crippen LogP contribution >= 0.6 is 0 Å². The highest BCUT2D eigenvalue weighted by Gasteiger charge is 2.28. The Morgan fingerprint density at radius 1 is 1.04 bits per heavy atom. The minimum absolute atomic E-state index is 0.0329. The van der Waals surface area contributed by atoms with Gasteiger partial charge in [-0.05, 0) is 69.5 Å². The quantitative estimate of drug-likeness (QED) is 0.197. The van der Waals surface area contributed by atoms with E-state index in [9.17, 15) is 9.59 Å². The Morgan fingerprint density at radius 3 is 2.67 bits per heavy atom. The molecule has 12 nitrogen and oxygen atoms in total. The van der Waals surface area contributed by atoms with Crippen molar-refractivity contribution in [2.75, 3.05) is 37.3 Å². The molecule has 1 aromatic carbocycles. The largest absolute Gasteiger partial charge is 0.490 e. The summed E-state index contributed by atoms with van der Waals surface area (Å²) >= 11 is 0. The molecule has 1 aliphatic heterocycles. The second kappa shape index (κ2) is 12.6. The van der Waals surface area contributed by atoms with Crippen molar-refractivity contribution in [1.29, 1.82) is 0 Å². The van der Waals surface area contributed by atoms with Crippen molar-refractivity contribution in [3.63, 3.8) is 0 Å². The van der Waals surface area contributed by atoms with Gasteiger partial charge < -0.3 is 25.0 Å². The van der Waals surface area contributed by atoms with Gasteiger partial charge in [0, 0.05) is 67.9 Å². The minimum Gasteiger partial charge on any atom is -0.490 e. The molecule has 0 spiro atoms. The zero-order valence-corrected chi connectivity index (χ0v) is 25.1. The number of likely N-dealkylation sites (N-methyl/N-ethyl adjacent to an activating group) is 1. The number of carbonyl (C=O) groups excluding carboxylic acids is 2. The Kier molecular flexibility index (Phi) is 8.04. The van der Waals surface area contributed by atoms with Gasteiger partial charge in [0.1, 0.15) is 28.5 Å². The summed E-state index contributed by atoms with van der Waals surface area (Å²) in [6, 6.07) is 12.9. The fraction of sp³-hybridized carbons (Fsp3) is 0.364. The third-order valence-electron chi connectivity index (χ3n) is 8.23. The molecule has 3 N–H and O–H groups in total. The van der Waals surface area contributed by atoms with Gasteiger partial charge in [-0.2, -0.15) is 5.10 Å². The summed E-state index contributed by atoms with van der Waals surface area (Å²) in [5.74, 6) is 2.62. The summed E-state index contributed by atoms with van der Waals surface area (Å²) in [7, 11) is 2.10. The number of anilines is 2. The number of carbonyl (C=O) groups is 2. The van der Waals surface area contributed by atoms with Gasteiger partial charge >= 0.3 is 0 Å². The average molecular weight is 609 g/mol. The van der Waals surface area contributed by atoms with Crippen LogP contribution in [0.2, 0.25) is 0 Å². The van der Waals surface area contributed by atoms with Gasteiger partial charge in [-0.3, -0.25) is 19.6 Å². The fourth-order valence-corrected chi connectivity index (χ4v) is 5.39. The summed E-state index contributed by atoms with van der Waals surface area (Å²) in [4.78, 5) is 38.4. The van der Waals surface area contributed by atoms with E-state index in [1.54, 1.807) is 60.9 Å². The lowest BCUT2D eigenvalue weighted by molar-refractivity contribution is -0.125. The Labute approximate surface area is 260 Å².